The van der Waals surface area contributed by atoms with E-state index in [0.29, 0.717) is 15.1 Å². The van der Waals surface area contributed by atoms with E-state index in [1.165, 1.54) is 18.4 Å². The molecule has 0 N–H and O–H groups in total. The monoisotopic (exact) mass is 436 g/mol. The molecule has 8 heteroatoms. The lowest BCUT2D eigenvalue weighted by molar-refractivity contribution is -0.158. The van der Waals surface area contributed by atoms with Gasteiger partial charge in [-0.05, 0) is 36.8 Å². The van der Waals surface area contributed by atoms with Crippen LogP contribution < -0.4 is 24.4 Å². The lowest BCUT2D eigenvalue weighted by Crippen LogP contribution is -2.58. The number of rotatable bonds is 3. The van der Waals surface area contributed by atoms with Gasteiger partial charge < -0.3 is 14.2 Å². The summed E-state index contributed by atoms with van der Waals surface area (Å²) in [4.78, 5) is 31.5. The van der Waals surface area contributed by atoms with Gasteiger partial charge in [-0.15, -0.1) is 0 Å². The van der Waals surface area contributed by atoms with Gasteiger partial charge in [-0.2, -0.15) is 0 Å². The smallest absolute Gasteiger partial charge is 0.317 e. The van der Waals surface area contributed by atoms with Gasteiger partial charge in [0, 0.05) is 5.56 Å². The number of carbonyl (C=O) groups is 1. The Kier molecular flexibility index (Phi) is 4.48. The normalized spacial score (nSPS) is 23.8. The van der Waals surface area contributed by atoms with Crippen molar-refractivity contribution in [3.8, 4) is 11.5 Å². The first-order chi connectivity index (χ1) is 14.9. The molecule has 5 rings (SSSR count). The molecule has 0 fully saturated rings. The van der Waals surface area contributed by atoms with E-state index in [9.17, 15) is 9.59 Å². The molecule has 158 valence electrons. The van der Waals surface area contributed by atoms with Crippen molar-refractivity contribution >= 4 is 23.4 Å². The van der Waals surface area contributed by atoms with Crippen molar-refractivity contribution in [2.45, 2.75) is 18.7 Å². The molecule has 3 aromatic rings. The van der Waals surface area contributed by atoms with E-state index in [1.54, 1.807) is 18.6 Å². The third-order valence-corrected chi connectivity index (χ3v) is 6.73. The minimum atomic E-state index is -1.17. The quantitative estimate of drug-likeness (QED) is 0.586. The van der Waals surface area contributed by atoms with Gasteiger partial charge in [-0.25, -0.2) is 4.99 Å². The molecule has 1 aromatic heterocycles. The molecule has 2 aliphatic rings. The number of para-hydroxylation sites is 1. The van der Waals surface area contributed by atoms with E-state index in [1.807, 2.05) is 54.6 Å². The van der Waals surface area contributed by atoms with Crippen LogP contribution in [-0.2, 0) is 9.53 Å². The molecule has 0 radical (unpaired) electrons. The van der Waals surface area contributed by atoms with Crippen LogP contribution in [0.4, 0.5) is 0 Å². The molecule has 0 saturated carbocycles. The van der Waals surface area contributed by atoms with Crippen molar-refractivity contribution in [2.75, 3.05) is 14.2 Å². The SMILES string of the molecule is COC(=O)C1C2c3ccccc3OC1(C)N=c1s/c(=C\c3ccc(OC)cc3)c(=O)n12. The van der Waals surface area contributed by atoms with E-state index < -0.39 is 23.7 Å². The maximum Gasteiger partial charge on any atom is 0.317 e. The third kappa shape index (κ3) is 2.97. The molecule has 2 bridgehead atoms. The molecule has 0 aliphatic carbocycles. The van der Waals surface area contributed by atoms with Crippen LogP contribution in [0.1, 0.15) is 24.1 Å². The molecule has 3 unspecified atom stereocenters. The number of nitrogens with zero attached hydrogens (tertiary/aromatic N) is 2. The number of ether oxygens (including phenoxy) is 3. The second-order valence-electron chi connectivity index (χ2n) is 7.59. The summed E-state index contributed by atoms with van der Waals surface area (Å²) in [5.74, 6) is 0.116. The van der Waals surface area contributed by atoms with Crippen LogP contribution in [-0.4, -0.2) is 30.5 Å². The van der Waals surface area contributed by atoms with Crippen molar-refractivity contribution in [1.29, 1.82) is 0 Å². The maximum atomic E-state index is 13.5. The summed E-state index contributed by atoms with van der Waals surface area (Å²) in [6, 6.07) is 14.3. The number of hydrogen-bond donors (Lipinski definition) is 0. The zero-order valence-electron chi connectivity index (χ0n) is 17.2. The van der Waals surface area contributed by atoms with E-state index in [-0.39, 0.29) is 5.56 Å². The molecule has 0 saturated heterocycles. The first-order valence-corrected chi connectivity index (χ1v) is 10.6. The summed E-state index contributed by atoms with van der Waals surface area (Å²) in [6.07, 6.45) is 1.82. The summed E-state index contributed by atoms with van der Waals surface area (Å²) in [6.45, 7) is 1.76. The Balaban J connectivity index is 1.75. The summed E-state index contributed by atoms with van der Waals surface area (Å²) < 4.78 is 18.6. The standard InChI is InChI=1S/C23H20N2O5S/c1-23-18(21(27)29-3)19(15-6-4-5-7-16(15)30-23)25-20(26)17(31-22(25)24-23)12-13-8-10-14(28-2)11-9-13/h4-12,18-19H,1-3H3/b17-12-. The Morgan fingerprint density at radius 3 is 2.65 bits per heavy atom. The summed E-state index contributed by atoms with van der Waals surface area (Å²) in [5.41, 5.74) is 0.271. The zero-order chi connectivity index (χ0) is 21.8. The zero-order valence-corrected chi connectivity index (χ0v) is 18.0. The maximum absolute atomic E-state index is 13.5. The molecule has 0 amide bonds. The van der Waals surface area contributed by atoms with Crippen LogP contribution in [0.2, 0.25) is 0 Å². The predicted molar refractivity (Wildman–Crippen MR) is 115 cm³/mol. The van der Waals surface area contributed by atoms with Gasteiger partial charge >= 0.3 is 5.97 Å². The molecule has 0 spiro atoms. The van der Waals surface area contributed by atoms with E-state index in [0.717, 1.165) is 16.9 Å². The van der Waals surface area contributed by atoms with E-state index in [2.05, 4.69) is 0 Å². The predicted octanol–water partition coefficient (Wildman–Crippen LogP) is 1.87. The number of benzene rings is 2. The van der Waals surface area contributed by atoms with Crippen LogP contribution in [0.5, 0.6) is 11.5 Å². The second kappa shape index (κ2) is 7.09. The molecule has 2 aliphatic heterocycles. The van der Waals surface area contributed by atoms with Crippen molar-refractivity contribution in [3.63, 3.8) is 0 Å². The summed E-state index contributed by atoms with van der Waals surface area (Å²) in [5, 5.41) is 0. The average Bonchev–Trinajstić information content (AvgIpc) is 3.06. The fourth-order valence-electron chi connectivity index (χ4n) is 4.28. The first kappa shape index (κ1) is 19.6. The van der Waals surface area contributed by atoms with Crippen molar-refractivity contribution in [1.82, 2.24) is 4.57 Å². The number of methoxy groups -OCH3 is 2. The highest BCUT2D eigenvalue weighted by atomic mass is 32.1. The van der Waals surface area contributed by atoms with Crippen molar-refractivity contribution in [2.24, 2.45) is 10.9 Å². The van der Waals surface area contributed by atoms with E-state index in [4.69, 9.17) is 19.2 Å². The number of thiazole rings is 1. The highest BCUT2D eigenvalue weighted by Crippen LogP contribution is 2.47. The summed E-state index contributed by atoms with van der Waals surface area (Å²) >= 11 is 1.28. The number of carbonyl (C=O) groups excluding carboxylic acids is 1. The Morgan fingerprint density at radius 1 is 1.19 bits per heavy atom. The largest absolute Gasteiger partial charge is 0.497 e. The van der Waals surface area contributed by atoms with Crippen LogP contribution >= 0.6 is 11.3 Å². The Morgan fingerprint density at radius 2 is 1.94 bits per heavy atom. The van der Waals surface area contributed by atoms with Gasteiger partial charge in [0.05, 0.1) is 24.8 Å². The highest BCUT2D eigenvalue weighted by Gasteiger charge is 2.55. The van der Waals surface area contributed by atoms with E-state index >= 15 is 0 Å². The van der Waals surface area contributed by atoms with Gasteiger partial charge in [0.1, 0.15) is 17.4 Å². The molecule has 31 heavy (non-hydrogen) atoms. The van der Waals surface area contributed by atoms with Crippen LogP contribution in [0.15, 0.2) is 58.3 Å². The van der Waals surface area contributed by atoms with Gasteiger partial charge in [-0.1, -0.05) is 41.7 Å². The molecule has 7 nitrogen and oxygen atoms in total. The number of aromatic nitrogens is 1. The molecular weight excluding hydrogens is 416 g/mol. The lowest BCUT2D eigenvalue weighted by atomic mass is 9.81. The van der Waals surface area contributed by atoms with Crippen LogP contribution in [0.25, 0.3) is 6.08 Å². The van der Waals surface area contributed by atoms with Crippen molar-refractivity contribution < 1.29 is 19.0 Å². The Hall–Kier alpha value is -3.39. The second-order valence-corrected chi connectivity index (χ2v) is 8.60. The van der Waals surface area contributed by atoms with Gasteiger partial charge in [0.25, 0.3) is 5.56 Å². The summed E-state index contributed by atoms with van der Waals surface area (Å²) in [7, 11) is 2.94. The Bertz CT molecular complexity index is 1360. The average molecular weight is 436 g/mol. The minimum absolute atomic E-state index is 0.197. The van der Waals surface area contributed by atoms with Crippen LogP contribution in [0, 0.1) is 5.92 Å². The fraction of sp³-hybridized carbons (Fsp3) is 0.261. The molecule has 3 atom stereocenters. The van der Waals surface area contributed by atoms with Crippen LogP contribution in [0.3, 0.4) is 0 Å². The number of fused-ring (bicyclic) bond motifs is 6. The van der Waals surface area contributed by atoms with Crippen molar-refractivity contribution in [3.05, 3.63) is 79.3 Å². The number of esters is 1. The molecule has 2 aromatic carbocycles. The highest BCUT2D eigenvalue weighted by molar-refractivity contribution is 7.07. The number of hydrogen-bond acceptors (Lipinski definition) is 7. The Labute approximate surface area is 181 Å². The molecule has 3 heterocycles. The van der Waals surface area contributed by atoms with Gasteiger partial charge in [0.15, 0.2) is 4.80 Å². The first-order valence-electron chi connectivity index (χ1n) is 9.78. The molecular formula is C23H20N2O5S. The topological polar surface area (TPSA) is 79.1 Å². The fourth-order valence-corrected chi connectivity index (χ4v) is 5.38. The van der Waals surface area contributed by atoms with Gasteiger partial charge in [-0.3, -0.25) is 14.2 Å². The third-order valence-electron chi connectivity index (χ3n) is 5.75. The lowest BCUT2D eigenvalue weighted by Gasteiger charge is -2.44. The minimum Gasteiger partial charge on any atom is -0.497 e. The van der Waals surface area contributed by atoms with Gasteiger partial charge in [0.2, 0.25) is 5.72 Å².